The van der Waals surface area contributed by atoms with Gasteiger partial charge in [0.15, 0.2) is 28.8 Å². The van der Waals surface area contributed by atoms with Crippen molar-refractivity contribution in [1.29, 1.82) is 0 Å². The number of rotatable bonds is 3. The van der Waals surface area contributed by atoms with E-state index in [1.807, 2.05) is 4.57 Å². The smallest absolute Gasteiger partial charge is 0.198 e. The molecule has 0 fully saturated rings. The number of halogens is 2. The van der Waals surface area contributed by atoms with Crippen molar-refractivity contribution in [2.75, 3.05) is 0 Å². The highest BCUT2D eigenvalue weighted by Crippen LogP contribution is 2.28. The highest BCUT2D eigenvalue weighted by atomic mass is 32.1. The minimum absolute atomic E-state index is 0.00217. The Labute approximate surface area is 155 Å². The third-order valence-electron chi connectivity index (χ3n) is 4.26. The van der Waals surface area contributed by atoms with Crippen molar-refractivity contribution in [1.82, 2.24) is 29.5 Å². The fourth-order valence-electron chi connectivity index (χ4n) is 3.04. The third-order valence-corrected chi connectivity index (χ3v) is 5.03. The van der Waals surface area contributed by atoms with Gasteiger partial charge in [0.2, 0.25) is 0 Å². The molecule has 4 heterocycles. The molecule has 132 valence electrons. The van der Waals surface area contributed by atoms with E-state index in [2.05, 4.69) is 24.9 Å². The summed E-state index contributed by atoms with van der Waals surface area (Å²) >= 11 is 1.45. The van der Waals surface area contributed by atoms with Crippen LogP contribution in [0, 0.1) is 11.6 Å². The van der Waals surface area contributed by atoms with Crippen LogP contribution in [0.25, 0.3) is 32.9 Å². The summed E-state index contributed by atoms with van der Waals surface area (Å²) in [6.07, 6.45) is 6.37. The predicted molar refractivity (Wildman–Crippen MR) is 97.2 cm³/mol. The van der Waals surface area contributed by atoms with Crippen molar-refractivity contribution in [2.24, 2.45) is 0 Å². The van der Waals surface area contributed by atoms with Gasteiger partial charge in [-0.2, -0.15) is 0 Å². The van der Waals surface area contributed by atoms with Gasteiger partial charge in [-0.05, 0) is 23.8 Å². The molecular formula is C18H10F2N6S. The fourth-order valence-corrected chi connectivity index (χ4v) is 3.66. The second-order valence-corrected chi connectivity index (χ2v) is 6.70. The van der Waals surface area contributed by atoms with Crippen LogP contribution in [0.4, 0.5) is 8.78 Å². The van der Waals surface area contributed by atoms with Crippen molar-refractivity contribution < 1.29 is 8.78 Å². The van der Waals surface area contributed by atoms with Crippen LogP contribution in [0.3, 0.4) is 0 Å². The van der Waals surface area contributed by atoms with E-state index in [9.17, 15) is 8.78 Å². The van der Waals surface area contributed by atoms with Crippen LogP contribution in [-0.4, -0.2) is 29.5 Å². The van der Waals surface area contributed by atoms with E-state index in [1.54, 1.807) is 30.2 Å². The molecule has 0 bridgehead atoms. The first-order valence-corrected chi connectivity index (χ1v) is 8.88. The first kappa shape index (κ1) is 15.9. The summed E-state index contributed by atoms with van der Waals surface area (Å²) in [5, 5.41) is 0.539. The number of pyridine rings is 1. The molecule has 0 saturated carbocycles. The summed E-state index contributed by atoms with van der Waals surface area (Å²) in [5.41, 5.74) is 3.61. The number of nitrogens with zero attached hydrogens (tertiary/aromatic N) is 6. The van der Waals surface area contributed by atoms with Gasteiger partial charge in [-0.3, -0.25) is 9.97 Å². The molecule has 0 aliphatic rings. The van der Waals surface area contributed by atoms with Crippen molar-refractivity contribution >= 4 is 33.5 Å². The lowest BCUT2D eigenvalue weighted by Crippen LogP contribution is -2.04. The Hall–Kier alpha value is -3.33. The first-order chi connectivity index (χ1) is 13.2. The highest BCUT2D eigenvalue weighted by Gasteiger charge is 2.18. The normalized spacial score (nSPS) is 11.5. The van der Waals surface area contributed by atoms with E-state index in [0.717, 1.165) is 16.5 Å². The van der Waals surface area contributed by atoms with Gasteiger partial charge < -0.3 is 4.57 Å². The first-order valence-electron chi connectivity index (χ1n) is 8.00. The summed E-state index contributed by atoms with van der Waals surface area (Å²) in [5.74, 6) is -1.20. The summed E-state index contributed by atoms with van der Waals surface area (Å²) in [7, 11) is 0. The summed E-state index contributed by atoms with van der Waals surface area (Å²) in [6, 6.07) is 4.42. The Morgan fingerprint density at radius 1 is 1.00 bits per heavy atom. The Morgan fingerprint density at radius 2 is 1.89 bits per heavy atom. The molecule has 5 aromatic rings. The second kappa shape index (κ2) is 6.13. The van der Waals surface area contributed by atoms with Gasteiger partial charge in [-0.1, -0.05) is 0 Å². The largest absolute Gasteiger partial charge is 0.302 e. The van der Waals surface area contributed by atoms with Gasteiger partial charge >= 0.3 is 0 Å². The molecule has 1 aromatic carbocycles. The van der Waals surface area contributed by atoms with Gasteiger partial charge in [0.05, 0.1) is 16.9 Å². The van der Waals surface area contributed by atoms with Gasteiger partial charge in [-0.25, -0.2) is 23.7 Å². The van der Waals surface area contributed by atoms with E-state index in [-0.39, 0.29) is 5.52 Å². The number of hydrogen-bond donors (Lipinski definition) is 0. The van der Waals surface area contributed by atoms with E-state index < -0.39 is 11.6 Å². The maximum absolute atomic E-state index is 14.1. The Balaban J connectivity index is 1.73. The topological polar surface area (TPSA) is 69.4 Å². The van der Waals surface area contributed by atoms with Gasteiger partial charge in [0.1, 0.15) is 5.52 Å². The van der Waals surface area contributed by atoms with Crippen LogP contribution in [0.15, 0.2) is 48.5 Å². The molecule has 0 radical (unpaired) electrons. The van der Waals surface area contributed by atoms with E-state index >= 15 is 0 Å². The van der Waals surface area contributed by atoms with Crippen LogP contribution < -0.4 is 0 Å². The summed E-state index contributed by atoms with van der Waals surface area (Å²) in [6.45, 7) is 0.354. The van der Waals surface area contributed by atoms with Gasteiger partial charge in [0.25, 0.3) is 0 Å². The van der Waals surface area contributed by atoms with Crippen LogP contribution in [0.5, 0.6) is 0 Å². The molecular weight excluding hydrogens is 370 g/mol. The zero-order valence-corrected chi connectivity index (χ0v) is 14.5. The standard InChI is InChI=1S/C18H10F2N6S/c19-12-2-1-11-10(3-4-22-15(11)14(12)20)8-26-17(13-7-21-9-27-13)25-16-18(26)24-6-5-23-16/h1-7,9H,8H2. The third kappa shape index (κ3) is 2.55. The number of thiazole rings is 1. The molecule has 0 atom stereocenters. The lowest BCUT2D eigenvalue weighted by Gasteiger charge is -2.10. The number of imidazole rings is 1. The van der Waals surface area contributed by atoms with Crippen LogP contribution >= 0.6 is 11.3 Å². The molecule has 9 heteroatoms. The second-order valence-electron chi connectivity index (χ2n) is 5.82. The number of benzene rings is 1. The number of fused-ring (bicyclic) bond motifs is 2. The Morgan fingerprint density at radius 3 is 2.74 bits per heavy atom. The molecule has 0 aliphatic carbocycles. The maximum atomic E-state index is 14.1. The maximum Gasteiger partial charge on any atom is 0.198 e. The molecule has 4 aromatic heterocycles. The van der Waals surface area contributed by atoms with Crippen LogP contribution in [-0.2, 0) is 6.54 Å². The zero-order valence-electron chi connectivity index (χ0n) is 13.7. The van der Waals surface area contributed by atoms with Crippen molar-refractivity contribution in [3.8, 4) is 10.7 Å². The van der Waals surface area contributed by atoms with Crippen molar-refractivity contribution in [3.63, 3.8) is 0 Å². The molecule has 0 spiro atoms. The molecule has 5 rings (SSSR count). The summed E-state index contributed by atoms with van der Waals surface area (Å²) in [4.78, 5) is 22.2. The molecule has 0 amide bonds. The Kier molecular flexibility index (Phi) is 3.61. The van der Waals surface area contributed by atoms with Gasteiger partial charge in [-0.15, -0.1) is 11.3 Å². The fraction of sp³-hybridized carbons (Fsp3) is 0.0556. The van der Waals surface area contributed by atoms with Crippen molar-refractivity contribution in [2.45, 2.75) is 6.54 Å². The molecule has 0 unspecified atom stereocenters. The summed E-state index contributed by atoms with van der Waals surface area (Å²) < 4.78 is 29.6. The van der Waals surface area contributed by atoms with Gasteiger partial charge in [0, 0.05) is 30.2 Å². The molecule has 0 saturated heterocycles. The quantitative estimate of drug-likeness (QED) is 0.476. The monoisotopic (exact) mass is 380 g/mol. The molecule has 0 aliphatic heterocycles. The SMILES string of the molecule is Fc1ccc2c(Cn3c(-c4cncs4)nc4nccnc43)ccnc2c1F. The van der Waals surface area contributed by atoms with E-state index in [0.29, 0.717) is 29.0 Å². The van der Waals surface area contributed by atoms with Crippen LogP contribution in [0.1, 0.15) is 5.56 Å². The van der Waals surface area contributed by atoms with Crippen LogP contribution in [0.2, 0.25) is 0 Å². The average molecular weight is 380 g/mol. The number of aromatic nitrogens is 6. The lowest BCUT2D eigenvalue weighted by molar-refractivity contribution is 0.515. The predicted octanol–water partition coefficient (Wildman–Crippen LogP) is 3.82. The molecule has 0 N–H and O–H groups in total. The minimum atomic E-state index is -0.952. The lowest BCUT2D eigenvalue weighted by atomic mass is 10.1. The number of hydrogen-bond acceptors (Lipinski definition) is 6. The van der Waals surface area contributed by atoms with E-state index in [1.165, 1.54) is 23.6 Å². The Bertz CT molecular complexity index is 1280. The molecule has 6 nitrogen and oxygen atoms in total. The van der Waals surface area contributed by atoms with E-state index in [4.69, 9.17) is 0 Å². The highest BCUT2D eigenvalue weighted by molar-refractivity contribution is 7.13. The van der Waals surface area contributed by atoms with Crippen molar-refractivity contribution in [3.05, 3.63) is 65.7 Å². The zero-order chi connectivity index (χ0) is 18.4. The minimum Gasteiger partial charge on any atom is -0.302 e. The molecule has 27 heavy (non-hydrogen) atoms. The average Bonchev–Trinajstić information content (AvgIpc) is 3.33.